The Morgan fingerprint density at radius 1 is 1.00 bits per heavy atom. The van der Waals surface area contributed by atoms with E-state index >= 15 is 0 Å². The first-order chi connectivity index (χ1) is 17.9. The SMILES string of the molecule is C=CCOc1ccc(C2C3=C(CC(C)(C)CC3=O)N(CCC(=O)O)C3=C2C(=O)CC(C)(C)C3)cc1OCC. The van der Waals surface area contributed by atoms with Gasteiger partial charge in [0, 0.05) is 47.8 Å². The minimum Gasteiger partial charge on any atom is -0.490 e. The van der Waals surface area contributed by atoms with E-state index in [-0.39, 0.29) is 35.4 Å². The van der Waals surface area contributed by atoms with Crippen LogP contribution >= 0.6 is 0 Å². The number of ether oxygens (including phenoxy) is 2. The maximum atomic E-state index is 13.8. The highest BCUT2D eigenvalue weighted by molar-refractivity contribution is 6.06. The molecule has 1 aromatic carbocycles. The number of aliphatic carboxylic acids is 1. The van der Waals surface area contributed by atoms with Crippen molar-refractivity contribution in [1.29, 1.82) is 0 Å². The summed E-state index contributed by atoms with van der Waals surface area (Å²) in [6.45, 7) is 14.9. The van der Waals surface area contributed by atoms with Crippen molar-refractivity contribution in [3.8, 4) is 11.5 Å². The van der Waals surface area contributed by atoms with Crippen LogP contribution in [0.3, 0.4) is 0 Å². The van der Waals surface area contributed by atoms with Crippen molar-refractivity contribution in [2.24, 2.45) is 10.8 Å². The monoisotopic (exact) mass is 521 g/mol. The molecule has 0 radical (unpaired) electrons. The Morgan fingerprint density at radius 2 is 1.58 bits per heavy atom. The lowest BCUT2D eigenvalue weighted by Crippen LogP contribution is -2.45. The van der Waals surface area contributed by atoms with Crippen LogP contribution in [-0.4, -0.2) is 47.3 Å². The Kier molecular flexibility index (Phi) is 7.60. The molecule has 38 heavy (non-hydrogen) atoms. The van der Waals surface area contributed by atoms with Crippen molar-refractivity contribution in [3.05, 3.63) is 59.0 Å². The van der Waals surface area contributed by atoms with Crippen molar-refractivity contribution < 1.29 is 29.0 Å². The lowest BCUT2D eigenvalue weighted by molar-refractivity contribution is -0.137. The first-order valence-corrected chi connectivity index (χ1v) is 13.4. The highest BCUT2D eigenvalue weighted by Gasteiger charge is 2.49. The smallest absolute Gasteiger partial charge is 0.305 e. The summed E-state index contributed by atoms with van der Waals surface area (Å²) in [6, 6.07) is 5.62. The number of carboxylic acids is 1. The molecule has 7 heteroatoms. The van der Waals surface area contributed by atoms with E-state index in [2.05, 4.69) is 34.3 Å². The molecular weight excluding hydrogens is 482 g/mol. The maximum absolute atomic E-state index is 13.8. The second-order valence-corrected chi connectivity index (χ2v) is 12.1. The fourth-order valence-corrected chi connectivity index (χ4v) is 6.10. The highest BCUT2D eigenvalue weighted by atomic mass is 16.5. The van der Waals surface area contributed by atoms with Gasteiger partial charge in [-0.3, -0.25) is 14.4 Å². The molecule has 204 valence electrons. The number of ketones is 2. The number of carbonyl (C=O) groups excluding carboxylic acids is 2. The standard InChI is InChI=1S/C31H39NO6/c1-7-13-38-24-10-9-19(14-25(24)37-8-2)27-28-20(15-30(3,4)17-22(28)33)32(12-11-26(35)36)21-16-31(5,6)18-23(34)29(21)27/h7,9-10,14,27H,1,8,11-13,15-18H2,2-6H3,(H,35,36). The van der Waals surface area contributed by atoms with Gasteiger partial charge in [-0.25, -0.2) is 0 Å². The molecule has 0 amide bonds. The lowest BCUT2D eigenvalue weighted by atomic mass is 9.63. The van der Waals surface area contributed by atoms with E-state index in [1.807, 2.05) is 30.0 Å². The number of rotatable bonds is 9. The second kappa shape index (κ2) is 10.4. The van der Waals surface area contributed by atoms with E-state index in [9.17, 15) is 19.5 Å². The first-order valence-electron chi connectivity index (χ1n) is 13.4. The van der Waals surface area contributed by atoms with Gasteiger partial charge in [0.05, 0.1) is 13.0 Å². The molecule has 0 unspecified atom stereocenters. The minimum atomic E-state index is -0.907. The molecule has 0 saturated carbocycles. The minimum absolute atomic E-state index is 0.00991. The van der Waals surface area contributed by atoms with E-state index < -0.39 is 11.9 Å². The van der Waals surface area contributed by atoms with Gasteiger partial charge < -0.3 is 19.5 Å². The summed E-state index contributed by atoms with van der Waals surface area (Å²) in [7, 11) is 0. The van der Waals surface area contributed by atoms with Gasteiger partial charge in [0.1, 0.15) is 6.61 Å². The molecule has 1 N–H and O–H groups in total. The third-order valence-corrected chi connectivity index (χ3v) is 7.53. The van der Waals surface area contributed by atoms with Gasteiger partial charge in [0.15, 0.2) is 23.1 Å². The average molecular weight is 522 g/mol. The van der Waals surface area contributed by atoms with Crippen molar-refractivity contribution in [2.75, 3.05) is 19.8 Å². The molecule has 0 bridgehead atoms. The summed E-state index contributed by atoms with van der Waals surface area (Å²) in [4.78, 5) is 41.3. The van der Waals surface area contributed by atoms with Crippen molar-refractivity contribution in [1.82, 2.24) is 4.90 Å². The van der Waals surface area contributed by atoms with Crippen LogP contribution in [0.2, 0.25) is 0 Å². The number of Topliss-reactive ketones (excluding diaryl/α,β-unsaturated/α-hetero) is 2. The number of hydrogen-bond acceptors (Lipinski definition) is 6. The number of nitrogens with zero attached hydrogens (tertiary/aromatic N) is 1. The second-order valence-electron chi connectivity index (χ2n) is 12.1. The molecule has 4 rings (SSSR count). The molecule has 0 aromatic heterocycles. The van der Waals surface area contributed by atoms with Gasteiger partial charge in [0.2, 0.25) is 0 Å². The van der Waals surface area contributed by atoms with Crippen LogP contribution in [0.4, 0.5) is 0 Å². The summed E-state index contributed by atoms with van der Waals surface area (Å²) in [5, 5.41) is 9.52. The van der Waals surface area contributed by atoms with Crippen LogP contribution in [0.15, 0.2) is 53.4 Å². The van der Waals surface area contributed by atoms with Crippen LogP contribution in [0.1, 0.15) is 78.2 Å². The van der Waals surface area contributed by atoms with Crippen LogP contribution < -0.4 is 9.47 Å². The molecular formula is C31H39NO6. The van der Waals surface area contributed by atoms with Crippen LogP contribution in [0.25, 0.3) is 0 Å². The largest absolute Gasteiger partial charge is 0.490 e. The number of carbonyl (C=O) groups is 3. The van der Waals surface area contributed by atoms with Crippen LogP contribution in [0.5, 0.6) is 11.5 Å². The normalized spacial score (nSPS) is 20.7. The van der Waals surface area contributed by atoms with E-state index in [0.717, 1.165) is 17.0 Å². The van der Waals surface area contributed by atoms with Gasteiger partial charge in [-0.05, 0) is 48.3 Å². The predicted octanol–water partition coefficient (Wildman–Crippen LogP) is 5.81. The summed E-state index contributed by atoms with van der Waals surface area (Å²) in [6.07, 6.45) is 3.59. The maximum Gasteiger partial charge on any atom is 0.305 e. The zero-order chi connectivity index (χ0) is 27.8. The molecule has 2 aliphatic carbocycles. The summed E-state index contributed by atoms with van der Waals surface area (Å²) in [5.41, 5.74) is 3.20. The fourth-order valence-electron chi connectivity index (χ4n) is 6.10. The fraction of sp³-hybridized carbons (Fsp3) is 0.516. The predicted molar refractivity (Wildman–Crippen MR) is 145 cm³/mol. The lowest BCUT2D eigenvalue weighted by Gasteiger charge is -2.49. The summed E-state index contributed by atoms with van der Waals surface area (Å²) in [5.74, 6) is -0.287. The number of carboxylic acid groups (broad SMARTS) is 1. The van der Waals surface area contributed by atoms with Gasteiger partial charge in [-0.1, -0.05) is 46.4 Å². The third kappa shape index (κ3) is 5.42. The zero-order valence-corrected chi connectivity index (χ0v) is 23.2. The number of allylic oxidation sites excluding steroid dienone is 4. The molecule has 0 saturated heterocycles. The molecule has 1 aliphatic heterocycles. The van der Waals surface area contributed by atoms with Gasteiger partial charge in [0.25, 0.3) is 0 Å². The van der Waals surface area contributed by atoms with Crippen molar-refractivity contribution in [2.45, 2.75) is 72.6 Å². The van der Waals surface area contributed by atoms with E-state index in [0.29, 0.717) is 61.5 Å². The molecule has 0 atom stereocenters. The average Bonchev–Trinajstić information content (AvgIpc) is 2.80. The Hall–Kier alpha value is -3.35. The third-order valence-electron chi connectivity index (χ3n) is 7.53. The van der Waals surface area contributed by atoms with E-state index in [4.69, 9.17) is 9.47 Å². The van der Waals surface area contributed by atoms with Crippen molar-refractivity contribution >= 4 is 17.5 Å². The topological polar surface area (TPSA) is 93.1 Å². The zero-order valence-electron chi connectivity index (χ0n) is 23.2. The number of benzene rings is 1. The van der Waals surface area contributed by atoms with E-state index in [1.54, 1.807) is 6.08 Å². The van der Waals surface area contributed by atoms with Crippen LogP contribution in [0, 0.1) is 10.8 Å². The van der Waals surface area contributed by atoms with Crippen molar-refractivity contribution in [3.63, 3.8) is 0 Å². The molecule has 1 heterocycles. The van der Waals surface area contributed by atoms with Gasteiger partial charge in [-0.2, -0.15) is 0 Å². The van der Waals surface area contributed by atoms with Gasteiger partial charge in [-0.15, -0.1) is 0 Å². The molecule has 3 aliphatic rings. The molecule has 7 nitrogen and oxygen atoms in total. The summed E-state index contributed by atoms with van der Waals surface area (Å²) < 4.78 is 11.7. The Bertz CT molecular complexity index is 1180. The first kappa shape index (κ1) is 27.7. The highest BCUT2D eigenvalue weighted by Crippen LogP contribution is 2.55. The van der Waals surface area contributed by atoms with Crippen LogP contribution in [-0.2, 0) is 14.4 Å². The molecule has 0 spiro atoms. The molecule has 1 aromatic rings. The Morgan fingerprint density at radius 3 is 2.08 bits per heavy atom. The van der Waals surface area contributed by atoms with E-state index in [1.165, 1.54) is 0 Å². The Balaban J connectivity index is 1.95. The quantitative estimate of drug-likeness (QED) is 0.410. The summed E-state index contributed by atoms with van der Waals surface area (Å²) >= 11 is 0. The number of hydrogen-bond donors (Lipinski definition) is 1. The van der Waals surface area contributed by atoms with Gasteiger partial charge >= 0.3 is 5.97 Å². The Labute approximate surface area is 225 Å². The molecule has 0 fully saturated rings.